The van der Waals surface area contributed by atoms with Crippen molar-refractivity contribution in [2.45, 2.75) is 18.9 Å². The van der Waals surface area contributed by atoms with Crippen molar-refractivity contribution in [3.05, 3.63) is 29.3 Å². The Labute approximate surface area is 92.8 Å². The highest BCUT2D eigenvalue weighted by Gasteiger charge is 2.21. The average Bonchev–Trinajstić information content (AvgIpc) is 2.22. The highest BCUT2D eigenvalue weighted by Crippen LogP contribution is 2.25. The molecule has 0 fully saturated rings. The molecule has 0 aliphatic carbocycles. The van der Waals surface area contributed by atoms with Gasteiger partial charge in [-0.05, 0) is 25.0 Å². The molecule has 90 valence electrons. The fraction of sp³-hybridized carbons (Fsp3) is 0.455. The van der Waals surface area contributed by atoms with Gasteiger partial charge in [0, 0.05) is 11.6 Å². The van der Waals surface area contributed by atoms with Crippen LogP contribution in [0.2, 0.25) is 0 Å². The van der Waals surface area contributed by atoms with Gasteiger partial charge in [-0.15, -0.1) is 0 Å². The third kappa shape index (κ3) is 2.90. The van der Waals surface area contributed by atoms with Crippen LogP contribution in [0.3, 0.4) is 0 Å². The second-order valence-electron chi connectivity index (χ2n) is 4.07. The zero-order chi connectivity index (χ0) is 12.3. The SMILES string of the molecule is COc1cc(F)c(F)cc1CC(C)(N)CO. The van der Waals surface area contributed by atoms with Crippen molar-refractivity contribution in [1.29, 1.82) is 0 Å². The van der Waals surface area contributed by atoms with E-state index in [-0.39, 0.29) is 18.8 Å². The summed E-state index contributed by atoms with van der Waals surface area (Å²) < 4.78 is 30.9. The summed E-state index contributed by atoms with van der Waals surface area (Å²) >= 11 is 0. The lowest BCUT2D eigenvalue weighted by Crippen LogP contribution is -2.42. The number of methoxy groups -OCH3 is 1. The third-order valence-corrected chi connectivity index (χ3v) is 2.28. The first-order valence-corrected chi connectivity index (χ1v) is 4.81. The Morgan fingerprint density at radius 2 is 1.94 bits per heavy atom. The fourth-order valence-corrected chi connectivity index (χ4v) is 1.39. The van der Waals surface area contributed by atoms with Crippen LogP contribution in [0.15, 0.2) is 12.1 Å². The summed E-state index contributed by atoms with van der Waals surface area (Å²) in [4.78, 5) is 0. The molecule has 0 saturated heterocycles. The van der Waals surface area contributed by atoms with Gasteiger partial charge < -0.3 is 15.6 Å². The first-order valence-electron chi connectivity index (χ1n) is 4.81. The highest BCUT2D eigenvalue weighted by molar-refractivity contribution is 5.36. The predicted octanol–water partition coefficient (Wildman–Crippen LogP) is 1.23. The number of rotatable bonds is 4. The van der Waals surface area contributed by atoms with Crippen LogP contribution in [0.5, 0.6) is 5.75 Å². The Morgan fingerprint density at radius 1 is 1.38 bits per heavy atom. The maximum atomic E-state index is 13.0. The second kappa shape index (κ2) is 4.76. The summed E-state index contributed by atoms with van der Waals surface area (Å²) in [7, 11) is 1.36. The van der Waals surface area contributed by atoms with Gasteiger partial charge in [0.25, 0.3) is 0 Å². The lowest BCUT2D eigenvalue weighted by molar-refractivity contribution is 0.207. The predicted molar refractivity (Wildman–Crippen MR) is 56.3 cm³/mol. The molecule has 0 saturated carbocycles. The topological polar surface area (TPSA) is 55.5 Å². The quantitative estimate of drug-likeness (QED) is 0.819. The van der Waals surface area contributed by atoms with Gasteiger partial charge in [-0.3, -0.25) is 0 Å². The summed E-state index contributed by atoms with van der Waals surface area (Å²) in [5.74, 6) is -1.70. The second-order valence-corrected chi connectivity index (χ2v) is 4.07. The number of ether oxygens (including phenoxy) is 1. The number of halogens is 2. The van der Waals surface area contributed by atoms with Gasteiger partial charge in [-0.25, -0.2) is 8.78 Å². The Kier molecular flexibility index (Phi) is 3.83. The molecule has 0 aliphatic heterocycles. The van der Waals surface area contributed by atoms with Gasteiger partial charge >= 0.3 is 0 Å². The first-order chi connectivity index (χ1) is 7.39. The molecule has 1 atom stereocenters. The number of hydrogen-bond acceptors (Lipinski definition) is 3. The van der Waals surface area contributed by atoms with Crippen LogP contribution < -0.4 is 10.5 Å². The summed E-state index contributed by atoms with van der Waals surface area (Å²) in [6.45, 7) is 1.36. The van der Waals surface area contributed by atoms with Gasteiger partial charge in [0.2, 0.25) is 0 Å². The molecule has 1 unspecified atom stereocenters. The maximum Gasteiger partial charge on any atom is 0.162 e. The Morgan fingerprint density at radius 3 is 2.44 bits per heavy atom. The van der Waals surface area contributed by atoms with Crippen molar-refractivity contribution in [1.82, 2.24) is 0 Å². The van der Waals surface area contributed by atoms with E-state index in [2.05, 4.69) is 0 Å². The zero-order valence-electron chi connectivity index (χ0n) is 9.26. The standard InChI is InChI=1S/C11H15F2NO2/c1-11(14,6-15)5-7-3-8(12)9(13)4-10(7)16-2/h3-4,15H,5-6,14H2,1-2H3. The normalized spacial score (nSPS) is 14.6. The fourth-order valence-electron chi connectivity index (χ4n) is 1.39. The molecule has 5 heteroatoms. The van der Waals surface area contributed by atoms with Crippen molar-refractivity contribution in [2.24, 2.45) is 5.73 Å². The molecule has 0 aromatic heterocycles. The molecule has 0 aliphatic rings. The molecule has 0 spiro atoms. The van der Waals surface area contributed by atoms with Crippen molar-refractivity contribution < 1.29 is 18.6 Å². The van der Waals surface area contributed by atoms with E-state index in [0.29, 0.717) is 5.56 Å². The first kappa shape index (κ1) is 12.9. The molecule has 16 heavy (non-hydrogen) atoms. The molecule has 0 radical (unpaired) electrons. The van der Waals surface area contributed by atoms with Gasteiger partial charge in [0.15, 0.2) is 11.6 Å². The lowest BCUT2D eigenvalue weighted by Gasteiger charge is -2.22. The molecule has 0 bridgehead atoms. The van der Waals surface area contributed by atoms with Crippen LogP contribution >= 0.6 is 0 Å². The van der Waals surface area contributed by atoms with Crippen LogP contribution in [0.25, 0.3) is 0 Å². The zero-order valence-corrected chi connectivity index (χ0v) is 9.26. The van der Waals surface area contributed by atoms with Crippen LogP contribution in [-0.2, 0) is 6.42 Å². The Hall–Kier alpha value is -1.20. The van der Waals surface area contributed by atoms with Crippen molar-refractivity contribution in [2.75, 3.05) is 13.7 Å². The van der Waals surface area contributed by atoms with E-state index in [9.17, 15) is 8.78 Å². The van der Waals surface area contributed by atoms with E-state index in [1.54, 1.807) is 6.92 Å². The van der Waals surface area contributed by atoms with Crippen LogP contribution in [0.4, 0.5) is 8.78 Å². The molecular weight excluding hydrogens is 216 g/mol. The van der Waals surface area contributed by atoms with Gasteiger partial charge in [-0.1, -0.05) is 0 Å². The third-order valence-electron chi connectivity index (χ3n) is 2.28. The number of nitrogens with two attached hydrogens (primary N) is 1. The maximum absolute atomic E-state index is 13.0. The minimum Gasteiger partial charge on any atom is -0.496 e. The number of benzene rings is 1. The molecule has 3 N–H and O–H groups in total. The Bertz CT molecular complexity index is 380. The van der Waals surface area contributed by atoms with E-state index < -0.39 is 17.2 Å². The van der Waals surface area contributed by atoms with Gasteiger partial charge in [0.05, 0.1) is 13.7 Å². The Balaban J connectivity index is 3.08. The molecule has 3 nitrogen and oxygen atoms in total. The minimum absolute atomic E-state index is 0.198. The average molecular weight is 231 g/mol. The molecular formula is C11H15F2NO2. The van der Waals surface area contributed by atoms with Crippen LogP contribution in [0, 0.1) is 11.6 Å². The lowest BCUT2D eigenvalue weighted by atomic mass is 9.94. The summed E-state index contributed by atoms with van der Waals surface area (Å²) in [5.41, 5.74) is 5.28. The summed E-state index contributed by atoms with van der Waals surface area (Å²) in [6, 6.07) is 2.01. The van der Waals surface area contributed by atoms with E-state index in [0.717, 1.165) is 12.1 Å². The largest absolute Gasteiger partial charge is 0.496 e. The molecule has 1 aromatic carbocycles. The molecule has 1 aromatic rings. The van der Waals surface area contributed by atoms with Crippen molar-refractivity contribution in [3.63, 3.8) is 0 Å². The van der Waals surface area contributed by atoms with Crippen molar-refractivity contribution >= 4 is 0 Å². The number of aliphatic hydroxyl groups is 1. The highest BCUT2D eigenvalue weighted by atomic mass is 19.2. The van der Waals surface area contributed by atoms with Gasteiger partial charge in [-0.2, -0.15) is 0 Å². The van der Waals surface area contributed by atoms with E-state index in [1.165, 1.54) is 7.11 Å². The molecule has 0 heterocycles. The van der Waals surface area contributed by atoms with Gasteiger partial charge in [0.1, 0.15) is 5.75 Å². The van der Waals surface area contributed by atoms with Crippen LogP contribution in [0.1, 0.15) is 12.5 Å². The smallest absolute Gasteiger partial charge is 0.162 e. The molecule has 0 amide bonds. The monoisotopic (exact) mass is 231 g/mol. The summed E-state index contributed by atoms with van der Waals surface area (Å²) in [5, 5.41) is 9.01. The minimum atomic E-state index is -0.969. The number of aliphatic hydroxyl groups excluding tert-OH is 1. The summed E-state index contributed by atoms with van der Waals surface area (Å²) in [6.07, 6.45) is 0.198. The molecule has 1 rings (SSSR count). The van der Waals surface area contributed by atoms with Crippen LogP contribution in [-0.4, -0.2) is 24.4 Å². The van der Waals surface area contributed by atoms with Crippen molar-refractivity contribution in [3.8, 4) is 5.75 Å². The van der Waals surface area contributed by atoms with E-state index in [1.807, 2.05) is 0 Å². The number of hydrogen-bond donors (Lipinski definition) is 2. The van der Waals surface area contributed by atoms with E-state index >= 15 is 0 Å². The van der Waals surface area contributed by atoms with E-state index in [4.69, 9.17) is 15.6 Å².